The zero-order chi connectivity index (χ0) is 6.85. The van der Waals surface area contributed by atoms with Crippen molar-refractivity contribution < 1.29 is 4.79 Å². The first-order chi connectivity index (χ1) is 4.20. The molecule has 0 aromatic rings. The first-order valence-corrected chi connectivity index (χ1v) is 3.44. The van der Waals surface area contributed by atoms with E-state index >= 15 is 0 Å². The van der Waals surface area contributed by atoms with Gasteiger partial charge >= 0.3 is 0 Å². The molecule has 52 valence electrons. The van der Waals surface area contributed by atoms with Gasteiger partial charge in [-0.25, -0.2) is 0 Å². The first-order valence-electron chi connectivity index (χ1n) is 3.44. The summed E-state index contributed by atoms with van der Waals surface area (Å²) < 4.78 is 0. The number of carbonyl (C=O) groups excluding carboxylic acids is 1. The van der Waals surface area contributed by atoms with Gasteiger partial charge in [0.05, 0.1) is 0 Å². The van der Waals surface area contributed by atoms with Crippen molar-refractivity contribution in [2.24, 2.45) is 5.92 Å². The molecule has 9 heavy (non-hydrogen) atoms. The molecule has 0 N–H and O–H groups in total. The van der Waals surface area contributed by atoms with Crippen molar-refractivity contribution in [1.82, 2.24) is 4.90 Å². The molecule has 0 saturated carbocycles. The molecule has 0 bridgehead atoms. The Morgan fingerprint density at radius 1 is 1.67 bits per heavy atom. The SMILES string of the molecule is C[C@@H]1CCC(=O)N(C)C1. The molecular formula is C7H13NO. The lowest BCUT2D eigenvalue weighted by Crippen LogP contribution is -2.35. The Hall–Kier alpha value is -0.530. The molecule has 1 rings (SSSR count). The van der Waals surface area contributed by atoms with Gasteiger partial charge in [-0.05, 0) is 12.3 Å². The molecule has 2 nitrogen and oxygen atoms in total. The largest absolute Gasteiger partial charge is 0.345 e. The summed E-state index contributed by atoms with van der Waals surface area (Å²) in [7, 11) is 1.87. The van der Waals surface area contributed by atoms with Crippen LogP contribution in [0, 0.1) is 5.92 Å². The van der Waals surface area contributed by atoms with Crippen LogP contribution in [0.4, 0.5) is 0 Å². The van der Waals surface area contributed by atoms with E-state index in [9.17, 15) is 4.79 Å². The van der Waals surface area contributed by atoms with Gasteiger partial charge in [-0.1, -0.05) is 6.92 Å². The van der Waals surface area contributed by atoms with Gasteiger partial charge in [0.25, 0.3) is 0 Å². The lowest BCUT2D eigenvalue weighted by atomic mass is 10.0. The van der Waals surface area contributed by atoms with Crippen molar-refractivity contribution in [2.45, 2.75) is 19.8 Å². The van der Waals surface area contributed by atoms with Crippen LogP contribution in [0.25, 0.3) is 0 Å². The summed E-state index contributed by atoms with van der Waals surface area (Å²) in [4.78, 5) is 12.7. The second-order valence-electron chi connectivity index (χ2n) is 2.92. The second kappa shape index (κ2) is 2.38. The Labute approximate surface area is 55.8 Å². The molecular weight excluding hydrogens is 114 g/mol. The number of nitrogens with zero attached hydrogens (tertiary/aromatic N) is 1. The maximum absolute atomic E-state index is 10.9. The third kappa shape index (κ3) is 1.44. The highest BCUT2D eigenvalue weighted by Gasteiger charge is 2.18. The van der Waals surface area contributed by atoms with Crippen LogP contribution in [0.1, 0.15) is 19.8 Å². The van der Waals surface area contributed by atoms with Crippen molar-refractivity contribution in [1.29, 1.82) is 0 Å². The van der Waals surface area contributed by atoms with E-state index in [-0.39, 0.29) is 0 Å². The van der Waals surface area contributed by atoms with Gasteiger partial charge in [0.2, 0.25) is 5.91 Å². The van der Waals surface area contributed by atoms with Gasteiger partial charge in [0.15, 0.2) is 0 Å². The normalized spacial score (nSPS) is 28.9. The first kappa shape index (κ1) is 6.59. The lowest BCUT2D eigenvalue weighted by Gasteiger charge is -2.26. The summed E-state index contributed by atoms with van der Waals surface area (Å²) in [6, 6.07) is 0. The summed E-state index contributed by atoms with van der Waals surface area (Å²) in [5.74, 6) is 1.00. The quantitative estimate of drug-likeness (QED) is 0.473. The van der Waals surface area contributed by atoms with Gasteiger partial charge in [-0.15, -0.1) is 0 Å². The highest BCUT2D eigenvalue weighted by atomic mass is 16.2. The predicted octanol–water partition coefficient (Wildman–Crippen LogP) is 0.875. The Balaban J connectivity index is 2.44. The highest BCUT2D eigenvalue weighted by molar-refractivity contribution is 5.76. The second-order valence-corrected chi connectivity index (χ2v) is 2.92. The molecule has 2 heteroatoms. The number of hydrogen-bond acceptors (Lipinski definition) is 1. The molecule has 0 aliphatic carbocycles. The van der Waals surface area contributed by atoms with E-state index in [4.69, 9.17) is 0 Å². The summed E-state index contributed by atoms with van der Waals surface area (Å²) in [6.45, 7) is 3.13. The summed E-state index contributed by atoms with van der Waals surface area (Å²) >= 11 is 0. The smallest absolute Gasteiger partial charge is 0.222 e. The monoisotopic (exact) mass is 127 g/mol. The summed E-state index contributed by atoms with van der Waals surface area (Å²) in [6.07, 6.45) is 1.82. The fourth-order valence-corrected chi connectivity index (χ4v) is 1.22. The number of carbonyl (C=O) groups is 1. The van der Waals surface area contributed by atoms with Crippen molar-refractivity contribution in [2.75, 3.05) is 13.6 Å². The Morgan fingerprint density at radius 3 is 2.78 bits per heavy atom. The fourth-order valence-electron chi connectivity index (χ4n) is 1.22. The molecule has 0 unspecified atom stereocenters. The van der Waals surface area contributed by atoms with Gasteiger partial charge < -0.3 is 4.90 Å². The van der Waals surface area contributed by atoms with Gasteiger partial charge in [0.1, 0.15) is 0 Å². The molecule has 0 spiro atoms. The van der Waals surface area contributed by atoms with Crippen LogP contribution >= 0.6 is 0 Å². The zero-order valence-corrected chi connectivity index (χ0v) is 6.05. The van der Waals surface area contributed by atoms with Crippen molar-refractivity contribution >= 4 is 5.91 Å². The van der Waals surface area contributed by atoms with E-state index in [0.29, 0.717) is 11.8 Å². The third-order valence-corrected chi connectivity index (χ3v) is 1.86. The van der Waals surface area contributed by atoms with E-state index in [2.05, 4.69) is 6.92 Å². The molecule has 1 amide bonds. The minimum Gasteiger partial charge on any atom is -0.345 e. The van der Waals surface area contributed by atoms with E-state index in [1.54, 1.807) is 0 Å². The standard InChI is InChI=1S/C7H13NO/c1-6-3-4-7(9)8(2)5-6/h6H,3-5H2,1-2H3/t6-/m1/s1. The molecule has 1 fully saturated rings. The van der Waals surface area contributed by atoms with Crippen LogP contribution in [-0.2, 0) is 4.79 Å². The Morgan fingerprint density at radius 2 is 2.33 bits per heavy atom. The van der Waals surface area contributed by atoms with Crippen LogP contribution in [-0.4, -0.2) is 24.4 Å². The minimum atomic E-state index is 0.299. The van der Waals surface area contributed by atoms with Crippen molar-refractivity contribution in [3.05, 3.63) is 0 Å². The average molecular weight is 127 g/mol. The third-order valence-electron chi connectivity index (χ3n) is 1.86. The van der Waals surface area contributed by atoms with Gasteiger partial charge in [-0.3, -0.25) is 4.79 Å². The van der Waals surface area contributed by atoms with Gasteiger partial charge in [-0.2, -0.15) is 0 Å². The van der Waals surface area contributed by atoms with Crippen molar-refractivity contribution in [3.63, 3.8) is 0 Å². The zero-order valence-electron chi connectivity index (χ0n) is 6.05. The Kier molecular flexibility index (Phi) is 1.74. The van der Waals surface area contributed by atoms with Crippen LogP contribution < -0.4 is 0 Å². The maximum atomic E-state index is 10.9. The number of likely N-dealkylation sites (tertiary alicyclic amines) is 1. The van der Waals surface area contributed by atoms with Crippen LogP contribution in [0.15, 0.2) is 0 Å². The molecule has 1 atom stereocenters. The topological polar surface area (TPSA) is 20.3 Å². The van der Waals surface area contributed by atoms with E-state index in [1.165, 1.54) is 0 Å². The molecule has 1 saturated heterocycles. The predicted molar refractivity (Wildman–Crippen MR) is 36.0 cm³/mol. The van der Waals surface area contributed by atoms with Crippen LogP contribution in [0.2, 0.25) is 0 Å². The lowest BCUT2D eigenvalue weighted by molar-refractivity contribution is -0.132. The molecule has 0 radical (unpaired) electrons. The highest BCUT2D eigenvalue weighted by Crippen LogP contribution is 2.14. The van der Waals surface area contributed by atoms with E-state index in [0.717, 1.165) is 19.4 Å². The van der Waals surface area contributed by atoms with Gasteiger partial charge in [0, 0.05) is 20.0 Å². The number of hydrogen-bond donors (Lipinski definition) is 0. The number of amides is 1. The molecule has 0 aromatic carbocycles. The van der Waals surface area contributed by atoms with Crippen molar-refractivity contribution in [3.8, 4) is 0 Å². The van der Waals surface area contributed by atoms with Crippen LogP contribution in [0.5, 0.6) is 0 Å². The summed E-state index contributed by atoms with van der Waals surface area (Å²) in [5, 5.41) is 0. The summed E-state index contributed by atoms with van der Waals surface area (Å²) in [5.41, 5.74) is 0. The maximum Gasteiger partial charge on any atom is 0.222 e. The molecule has 1 heterocycles. The molecule has 0 aromatic heterocycles. The average Bonchev–Trinajstić information content (AvgIpc) is 1.80. The van der Waals surface area contributed by atoms with Crippen LogP contribution in [0.3, 0.4) is 0 Å². The fraction of sp³-hybridized carbons (Fsp3) is 0.857. The van der Waals surface area contributed by atoms with E-state index in [1.807, 2.05) is 11.9 Å². The van der Waals surface area contributed by atoms with E-state index < -0.39 is 0 Å². The molecule has 1 aliphatic rings. The number of rotatable bonds is 0. The molecule has 1 aliphatic heterocycles. The Bertz CT molecular complexity index is 122. The number of piperidine rings is 1. The minimum absolute atomic E-state index is 0.299.